The molecule has 0 aliphatic heterocycles. The molecular formula is C14H14N. The molecule has 1 aliphatic rings. The number of pyridine rings is 1. The van der Waals surface area contributed by atoms with E-state index in [4.69, 9.17) is 0 Å². The van der Waals surface area contributed by atoms with Crippen molar-refractivity contribution in [1.29, 1.82) is 0 Å². The van der Waals surface area contributed by atoms with E-state index in [2.05, 4.69) is 35.4 Å². The van der Waals surface area contributed by atoms with Crippen LogP contribution in [0.2, 0.25) is 0 Å². The summed E-state index contributed by atoms with van der Waals surface area (Å²) in [7, 11) is 0. The summed E-state index contributed by atoms with van der Waals surface area (Å²) < 4.78 is 0. The Morgan fingerprint density at radius 2 is 1.87 bits per heavy atom. The third-order valence-electron chi connectivity index (χ3n) is 3.25. The van der Waals surface area contributed by atoms with Crippen LogP contribution in [-0.2, 0) is 12.8 Å². The lowest BCUT2D eigenvalue weighted by Crippen LogP contribution is -1.96. The molecule has 1 aliphatic carbocycles. The van der Waals surface area contributed by atoms with Gasteiger partial charge in [0.25, 0.3) is 0 Å². The van der Waals surface area contributed by atoms with Gasteiger partial charge in [-0.15, -0.1) is 0 Å². The van der Waals surface area contributed by atoms with Crippen LogP contribution in [0.4, 0.5) is 0 Å². The van der Waals surface area contributed by atoms with Gasteiger partial charge in [0.1, 0.15) is 0 Å². The van der Waals surface area contributed by atoms with Crippen LogP contribution in [0.5, 0.6) is 0 Å². The van der Waals surface area contributed by atoms with E-state index in [1.54, 1.807) is 0 Å². The molecule has 0 spiro atoms. The van der Waals surface area contributed by atoms with Gasteiger partial charge in [-0.3, -0.25) is 4.98 Å². The van der Waals surface area contributed by atoms with Gasteiger partial charge < -0.3 is 0 Å². The van der Waals surface area contributed by atoms with Gasteiger partial charge in [-0.2, -0.15) is 0 Å². The molecule has 0 N–H and O–H groups in total. The summed E-state index contributed by atoms with van der Waals surface area (Å²) >= 11 is 0. The Bertz CT molecular complexity index is 488. The zero-order valence-corrected chi connectivity index (χ0v) is 8.79. The van der Waals surface area contributed by atoms with Crippen molar-refractivity contribution in [1.82, 2.24) is 4.98 Å². The van der Waals surface area contributed by atoms with Crippen molar-refractivity contribution in [3.05, 3.63) is 41.7 Å². The Balaban J connectivity index is 2.27. The maximum Gasteiger partial charge on any atom is 0.0974 e. The molecule has 2 aromatic rings. The van der Waals surface area contributed by atoms with Gasteiger partial charge in [-0.25, -0.2) is 0 Å². The van der Waals surface area contributed by atoms with Gasteiger partial charge >= 0.3 is 0 Å². The Hall–Kier alpha value is -1.37. The van der Waals surface area contributed by atoms with Crippen LogP contribution in [0.3, 0.4) is 0 Å². The summed E-state index contributed by atoms with van der Waals surface area (Å²) in [6, 6.07) is 8.48. The molecule has 0 unspecified atom stereocenters. The zero-order valence-electron chi connectivity index (χ0n) is 8.79. The first-order chi connectivity index (χ1) is 7.45. The molecule has 1 nitrogen and oxygen atoms in total. The number of fused-ring (bicyclic) bond motifs is 3. The number of hydrogen-bond donors (Lipinski definition) is 0. The quantitative estimate of drug-likeness (QED) is 0.589. The molecule has 0 fully saturated rings. The molecule has 0 saturated carbocycles. The van der Waals surface area contributed by atoms with Gasteiger partial charge in [-0.05, 0) is 36.6 Å². The first kappa shape index (κ1) is 8.90. The number of aryl methyl sites for hydroxylation is 2. The minimum atomic E-state index is 1.14. The van der Waals surface area contributed by atoms with Gasteiger partial charge in [0.2, 0.25) is 0 Å². The third-order valence-corrected chi connectivity index (χ3v) is 3.25. The van der Waals surface area contributed by atoms with Crippen molar-refractivity contribution in [2.45, 2.75) is 32.1 Å². The lowest BCUT2D eigenvalue weighted by molar-refractivity contribution is 0.709. The predicted octanol–water partition coefficient (Wildman–Crippen LogP) is 3.30. The summed E-state index contributed by atoms with van der Waals surface area (Å²) in [5.74, 6) is 0. The highest BCUT2D eigenvalue weighted by molar-refractivity contribution is 5.85. The van der Waals surface area contributed by atoms with E-state index in [1.165, 1.54) is 42.3 Å². The fraction of sp³-hybridized carbons (Fsp3) is 0.357. The fourth-order valence-electron chi connectivity index (χ4n) is 2.45. The molecule has 1 aromatic heterocycles. The molecule has 1 radical (unpaired) electrons. The topological polar surface area (TPSA) is 12.9 Å². The highest BCUT2D eigenvalue weighted by atomic mass is 14.7. The van der Waals surface area contributed by atoms with Crippen LogP contribution in [-0.4, -0.2) is 4.98 Å². The number of aromatic nitrogens is 1. The van der Waals surface area contributed by atoms with Crippen molar-refractivity contribution in [2.24, 2.45) is 0 Å². The SMILES string of the molecule is [c]1nc2c(c3ccccc13)CCCCC2. The fourth-order valence-corrected chi connectivity index (χ4v) is 2.45. The average Bonchev–Trinajstić information content (AvgIpc) is 2.54. The highest BCUT2D eigenvalue weighted by Gasteiger charge is 2.11. The van der Waals surface area contributed by atoms with Crippen LogP contribution < -0.4 is 0 Å². The Labute approximate surface area is 90.2 Å². The largest absolute Gasteiger partial charge is 0.250 e. The summed E-state index contributed by atoms with van der Waals surface area (Å²) in [5, 5.41) is 2.53. The van der Waals surface area contributed by atoms with Crippen molar-refractivity contribution in [3.8, 4) is 0 Å². The first-order valence-electron chi connectivity index (χ1n) is 5.73. The first-order valence-corrected chi connectivity index (χ1v) is 5.73. The average molecular weight is 196 g/mol. The number of hydrogen-bond acceptors (Lipinski definition) is 1. The number of benzene rings is 1. The Morgan fingerprint density at radius 1 is 1.00 bits per heavy atom. The molecule has 0 amide bonds. The minimum Gasteiger partial charge on any atom is -0.250 e. The normalized spacial score (nSPS) is 16.0. The molecule has 0 bridgehead atoms. The smallest absolute Gasteiger partial charge is 0.0974 e. The van der Waals surface area contributed by atoms with E-state index in [9.17, 15) is 0 Å². The molecule has 0 atom stereocenters. The van der Waals surface area contributed by atoms with Gasteiger partial charge in [0.15, 0.2) is 0 Å². The molecule has 75 valence electrons. The van der Waals surface area contributed by atoms with E-state index < -0.39 is 0 Å². The molecule has 3 rings (SSSR count). The molecule has 0 saturated heterocycles. The maximum atomic E-state index is 4.48. The lowest BCUT2D eigenvalue weighted by Gasteiger charge is -2.07. The summed E-state index contributed by atoms with van der Waals surface area (Å²) in [6.45, 7) is 0. The third kappa shape index (κ3) is 1.52. The van der Waals surface area contributed by atoms with Gasteiger partial charge in [0.05, 0.1) is 6.20 Å². The second-order valence-electron chi connectivity index (χ2n) is 4.26. The molecule has 1 heteroatoms. The van der Waals surface area contributed by atoms with Crippen LogP contribution >= 0.6 is 0 Å². The van der Waals surface area contributed by atoms with E-state index in [0.29, 0.717) is 0 Å². The van der Waals surface area contributed by atoms with E-state index in [-0.39, 0.29) is 0 Å². The zero-order chi connectivity index (χ0) is 10.1. The molecule has 1 aromatic carbocycles. The van der Waals surface area contributed by atoms with Crippen molar-refractivity contribution >= 4 is 10.8 Å². The van der Waals surface area contributed by atoms with E-state index in [0.717, 1.165) is 11.8 Å². The second kappa shape index (κ2) is 3.65. The summed E-state index contributed by atoms with van der Waals surface area (Å²) in [4.78, 5) is 4.48. The molecule has 15 heavy (non-hydrogen) atoms. The van der Waals surface area contributed by atoms with Crippen LogP contribution in [0.25, 0.3) is 10.8 Å². The van der Waals surface area contributed by atoms with E-state index >= 15 is 0 Å². The van der Waals surface area contributed by atoms with Gasteiger partial charge in [-0.1, -0.05) is 30.7 Å². The predicted molar refractivity (Wildman–Crippen MR) is 61.8 cm³/mol. The maximum absolute atomic E-state index is 4.48. The lowest BCUT2D eigenvalue weighted by atomic mass is 10.0. The van der Waals surface area contributed by atoms with Crippen molar-refractivity contribution in [3.63, 3.8) is 0 Å². The van der Waals surface area contributed by atoms with Crippen LogP contribution in [0, 0.1) is 6.20 Å². The highest BCUT2D eigenvalue weighted by Crippen LogP contribution is 2.25. The summed E-state index contributed by atoms with van der Waals surface area (Å²) in [6.07, 6.45) is 9.41. The Morgan fingerprint density at radius 3 is 2.87 bits per heavy atom. The van der Waals surface area contributed by atoms with E-state index in [1.807, 2.05) is 0 Å². The van der Waals surface area contributed by atoms with Crippen LogP contribution in [0.1, 0.15) is 30.5 Å². The molecule has 1 heterocycles. The van der Waals surface area contributed by atoms with Crippen molar-refractivity contribution in [2.75, 3.05) is 0 Å². The standard InChI is InChI=1S/C14H14N/c1-2-8-13-12-7-5-4-6-11(12)10-15-14(13)9-3-1/h4-7H,1-3,8-9H2. The second-order valence-corrected chi connectivity index (χ2v) is 4.26. The van der Waals surface area contributed by atoms with Crippen molar-refractivity contribution < 1.29 is 0 Å². The minimum absolute atomic E-state index is 1.14. The monoisotopic (exact) mass is 196 g/mol. The van der Waals surface area contributed by atoms with Gasteiger partial charge in [0, 0.05) is 11.1 Å². The Kier molecular flexibility index (Phi) is 2.17. The van der Waals surface area contributed by atoms with Crippen LogP contribution in [0.15, 0.2) is 24.3 Å². The summed E-state index contributed by atoms with van der Waals surface area (Å²) in [5.41, 5.74) is 2.76. The number of nitrogens with zero attached hydrogens (tertiary/aromatic N) is 1. The molecular weight excluding hydrogens is 182 g/mol. The number of rotatable bonds is 0.